The minimum atomic E-state index is -0.790. The monoisotopic (exact) mass is 424 g/mol. The summed E-state index contributed by atoms with van der Waals surface area (Å²) in [6.45, 7) is 4.17. The molecular formula is C23H22F2N4O2. The molecule has 1 aliphatic rings. The molecule has 1 saturated heterocycles. The van der Waals surface area contributed by atoms with E-state index in [-0.39, 0.29) is 28.7 Å². The second-order valence-corrected chi connectivity index (χ2v) is 7.36. The summed E-state index contributed by atoms with van der Waals surface area (Å²) in [6, 6.07) is 12.5. The Kier molecular flexibility index (Phi) is 5.81. The lowest BCUT2D eigenvalue weighted by Crippen LogP contribution is -2.43. The van der Waals surface area contributed by atoms with Gasteiger partial charge in [0.15, 0.2) is 0 Å². The first-order chi connectivity index (χ1) is 15.0. The first kappa shape index (κ1) is 20.7. The Bertz CT molecular complexity index is 1140. The standard InChI is InChI=1S/C23H22F2N4O2/c1-14-13-31-12-11-29(14)16-7-5-15(6-8-16)21(26)20-19(9-10-27-23(20)30)28-22-17(24)3-2-4-18(22)25/h2-10,14,26H,11-13H2,1H3,(H2,27,28,30)/t14-/m1/s1. The van der Waals surface area contributed by atoms with E-state index in [4.69, 9.17) is 10.1 Å². The molecule has 2 heterocycles. The van der Waals surface area contributed by atoms with Crippen LogP contribution in [0.3, 0.4) is 0 Å². The first-order valence-corrected chi connectivity index (χ1v) is 9.92. The van der Waals surface area contributed by atoms with E-state index in [0.717, 1.165) is 24.4 Å². The van der Waals surface area contributed by atoms with Gasteiger partial charge in [0.2, 0.25) is 0 Å². The van der Waals surface area contributed by atoms with Gasteiger partial charge in [0.25, 0.3) is 5.56 Å². The van der Waals surface area contributed by atoms with Crippen molar-refractivity contribution in [2.75, 3.05) is 30.0 Å². The highest BCUT2D eigenvalue weighted by molar-refractivity contribution is 6.14. The van der Waals surface area contributed by atoms with E-state index in [0.29, 0.717) is 18.8 Å². The third-order valence-electron chi connectivity index (χ3n) is 5.29. The molecule has 0 saturated carbocycles. The maximum Gasteiger partial charge on any atom is 0.259 e. The number of halogens is 2. The van der Waals surface area contributed by atoms with E-state index < -0.39 is 17.2 Å². The van der Waals surface area contributed by atoms with Crippen LogP contribution in [0.5, 0.6) is 0 Å². The average molecular weight is 424 g/mol. The summed E-state index contributed by atoms with van der Waals surface area (Å²) in [5.74, 6) is -1.58. The van der Waals surface area contributed by atoms with Crippen LogP contribution in [0.4, 0.5) is 25.8 Å². The van der Waals surface area contributed by atoms with Gasteiger partial charge in [0, 0.05) is 30.0 Å². The lowest BCUT2D eigenvalue weighted by molar-refractivity contribution is 0.0989. The highest BCUT2D eigenvalue weighted by Gasteiger charge is 2.20. The molecule has 31 heavy (non-hydrogen) atoms. The van der Waals surface area contributed by atoms with Crippen molar-refractivity contribution >= 4 is 22.8 Å². The number of hydrogen-bond acceptors (Lipinski definition) is 5. The lowest BCUT2D eigenvalue weighted by Gasteiger charge is -2.35. The number of morpholine rings is 1. The summed E-state index contributed by atoms with van der Waals surface area (Å²) in [5, 5.41) is 11.2. The number of pyridine rings is 1. The second-order valence-electron chi connectivity index (χ2n) is 7.36. The maximum atomic E-state index is 14.1. The zero-order valence-corrected chi connectivity index (χ0v) is 16.9. The Balaban J connectivity index is 1.65. The van der Waals surface area contributed by atoms with Gasteiger partial charge in [-0.25, -0.2) is 8.78 Å². The summed E-state index contributed by atoms with van der Waals surface area (Å²) in [7, 11) is 0. The number of aromatic amines is 1. The van der Waals surface area contributed by atoms with Crippen LogP contribution in [0.2, 0.25) is 0 Å². The van der Waals surface area contributed by atoms with Gasteiger partial charge >= 0.3 is 0 Å². The van der Waals surface area contributed by atoms with Crippen LogP contribution in [0.1, 0.15) is 18.1 Å². The molecule has 1 atom stereocenters. The highest BCUT2D eigenvalue weighted by Crippen LogP contribution is 2.26. The molecule has 6 nitrogen and oxygen atoms in total. The number of rotatable bonds is 5. The van der Waals surface area contributed by atoms with Crippen LogP contribution in [0.15, 0.2) is 59.5 Å². The van der Waals surface area contributed by atoms with E-state index in [9.17, 15) is 13.6 Å². The van der Waals surface area contributed by atoms with E-state index in [1.807, 2.05) is 12.1 Å². The largest absolute Gasteiger partial charge is 0.377 e. The molecule has 0 unspecified atom stereocenters. The number of H-pyrrole nitrogens is 1. The van der Waals surface area contributed by atoms with Crippen LogP contribution in [-0.2, 0) is 4.74 Å². The summed E-state index contributed by atoms with van der Waals surface area (Å²) in [6.07, 6.45) is 1.36. The predicted octanol–water partition coefficient (Wildman–Crippen LogP) is 4.04. The lowest BCUT2D eigenvalue weighted by atomic mass is 10.0. The number of hydrogen-bond donors (Lipinski definition) is 3. The molecule has 0 bridgehead atoms. The van der Waals surface area contributed by atoms with Gasteiger partial charge in [-0.1, -0.05) is 18.2 Å². The van der Waals surface area contributed by atoms with Crippen LogP contribution in [0, 0.1) is 17.0 Å². The maximum absolute atomic E-state index is 14.1. The minimum absolute atomic E-state index is 0.00218. The smallest absolute Gasteiger partial charge is 0.259 e. The van der Waals surface area contributed by atoms with Crippen molar-refractivity contribution in [1.82, 2.24) is 4.98 Å². The number of nitrogens with zero attached hydrogens (tertiary/aromatic N) is 1. The molecule has 4 rings (SSSR count). The van der Waals surface area contributed by atoms with Crippen molar-refractivity contribution < 1.29 is 13.5 Å². The van der Waals surface area contributed by atoms with Crippen molar-refractivity contribution in [3.05, 3.63) is 87.8 Å². The Morgan fingerprint density at radius 2 is 1.87 bits per heavy atom. The molecular weight excluding hydrogens is 402 g/mol. The molecule has 1 aromatic heterocycles. The fraction of sp³-hybridized carbons (Fsp3) is 0.217. The summed E-state index contributed by atoms with van der Waals surface area (Å²) < 4.78 is 33.7. The minimum Gasteiger partial charge on any atom is -0.377 e. The van der Waals surface area contributed by atoms with Crippen molar-refractivity contribution in [2.45, 2.75) is 13.0 Å². The third-order valence-corrected chi connectivity index (χ3v) is 5.29. The summed E-state index contributed by atoms with van der Waals surface area (Å²) >= 11 is 0. The average Bonchev–Trinajstić information content (AvgIpc) is 2.77. The molecule has 8 heteroatoms. The zero-order chi connectivity index (χ0) is 22.0. The van der Waals surface area contributed by atoms with Gasteiger partial charge in [-0.2, -0.15) is 0 Å². The van der Waals surface area contributed by atoms with Gasteiger partial charge in [-0.15, -0.1) is 0 Å². The number of para-hydroxylation sites is 1. The molecule has 3 N–H and O–H groups in total. The van der Waals surface area contributed by atoms with Gasteiger partial charge in [-0.3, -0.25) is 10.2 Å². The van der Waals surface area contributed by atoms with E-state index >= 15 is 0 Å². The molecule has 160 valence electrons. The molecule has 2 aromatic carbocycles. The Morgan fingerprint density at radius 1 is 1.16 bits per heavy atom. The van der Waals surface area contributed by atoms with Crippen LogP contribution < -0.4 is 15.8 Å². The fourth-order valence-electron chi connectivity index (χ4n) is 3.66. The molecule has 0 radical (unpaired) electrons. The molecule has 0 amide bonds. The van der Waals surface area contributed by atoms with Crippen LogP contribution >= 0.6 is 0 Å². The second kappa shape index (κ2) is 8.69. The van der Waals surface area contributed by atoms with Crippen LogP contribution in [0.25, 0.3) is 0 Å². The van der Waals surface area contributed by atoms with E-state index in [1.54, 1.807) is 12.1 Å². The topological polar surface area (TPSA) is 81.2 Å². The van der Waals surface area contributed by atoms with Crippen molar-refractivity contribution in [3.8, 4) is 0 Å². The number of nitrogens with one attached hydrogen (secondary N) is 3. The Labute approximate surface area is 178 Å². The Hall–Kier alpha value is -3.52. The van der Waals surface area contributed by atoms with E-state index in [2.05, 4.69) is 22.1 Å². The van der Waals surface area contributed by atoms with Crippen LogP contribution in [-0.4, -0.2) is 36.5 Å². The summed E-state index contributed by atoms with van der Waals surface area (Å²) in [5.41, 5.74) is 0.694. The predicted molar refractivity (Wildman–Crippen MR) is 117 cm³/mol. The van der Waals surface area contributed by atoms with Gasteiger partial charge in [-0.05, 0) is 37.3 Å². The molecule has 3 aromatic rings. The van der Waals surface area contributed by atoms with Gasteiger partial charge < -0.3 is 19.9 Å². The summed E-state index contributed by atoms with van der Waals surface area (Å²) in [4.78, 5) is 17.3. The highest BCUT2D eigenvalue weighted by atomic mass is 19.1. The SMILES string of the molecule is C[C@@H]1COCCN1c1ccc(C(=N)c2c(Nc3c(F)cccc3F)cc[nH]c2=O)cc1. The normalized spacial score (nSPS) is 16.2. The molecule has 0 spiro atoms. The molecule has 1 aliphatic heterocycles. The first-order valence-electron chi connectivity index (χ1n) is 9.92. The number of anilines is 3. The number of benzene rings is 2. The molecule has 1 fully saturated rings. The fourth-order valence-corrected chi connectivity index (χ4v) is 3.66. The number of ether oxygens (including phenoxy) is 1. The number of aromatic nitrogens is 1. The molecule has 0 aliphatic carbocycles. The van der Waals surface area contributed by atoms with Crippen molar-refractivity contribution in [2.24, 2.45) is 0 Å². The quantitative estimate of drug-likeness (QED) is 0.540. The van der Waals surface area contributed by atoms with Crippen molar-refractivity contribution in [1.29, 1.82) is 5.41 Å². The van der Waals surface area contributed by atoms with Gasteiger partial charge in [0.05, 0.1) is 30.2 Å². The third kappa shape index (κ3) is 4.20. The van der Waals surface area contributed by atoms with Crippen molar-refractivity contribution in [3.63, 3.8) is 0 Å². The van der Waals surface area contributed by atoms with E-state index in [1.165, 1.54) is 18.3 Å². The zero-order valence-electron chi connectivity index (χ0n) is 16.9. The van der Waals surface area contributed by atoms with Gasteiger partial charge in [0.1, 0.15) is 17.3 Å². The Morgan fingerprint density at radius 3 is 2.55 bits per heavy atom.